The first kappa shape index (κ1) is 17.2. The fraction of sp³-hybridized carbons (Fsp3) is 0.333. The van der Waals surface area contributed by atoms with Crippen LogP contribution in [-0.2, 0) is 4.79 Å². The van der Waals surface area contributed by atoms with Gasteiger partial charge in [0.05, 0.1) is 23.7 Å². The number of hydrogen-bond acceptors (Lipinski definition) is 3. The lowest BCUT2D eigenvalue weighted by molar-refractivity contribution is -0.122. The first-order valence-electron chi connectivity index (χ1n) is 8.65. The molecule has 2 aromatic carbocycles. The van der Waals surface area contributed by atoms with Crippen molar-refractivity contribution >= 4 is 11.6 Å². The molecule has 1 fully saturated rings. The Balaban J connectivity index is 1.54. The van der Waals surface area contributed by atoms with E-state index in [0.29, 0.717) is 30.0 Å². The summed E-state index contributed by atoms with van der Waals surface area (Å²) in [6, 6.07) is 19.1. The molecule has 25 heavy (non-hydrogen) atoms. The highest BCUT2D eigenvalue weighted by atomic mass is 16.3. The van der Waals surface area contributed by atoms with Crippen LogP contribution in [0.5, 0.6) is 0 Å². The van der Waals surface area contributed by atoms with Crippen molar-refractivity contribution in [1.29, 1.82) is 5.26 Å². The van der Waals surface area contributed by atoms with E-state index in [9.17, 15) is 9.90 Å². The second-order valence-electron chi connectivity index (χ2n) is 6.82. The molecule has 4 nitrogen and oxygen atoms in total. The van der Waals surface area contributed by atoms with Gasteiger partial charge in [0.2, 0.25) is 5.91 Å². The lowest BCUT2D eigenvalue weighted by atomic mass is 9.74. The molecule has 1 amide bonds. The van der Waals surface area contributed by atoms with Crippen molar-refractivity contribution in [2.75, 3.05) is 5.32 Å². The number of anilines is 1. The molecule has 0 bridgehead atoms. The van der Waals surface area contributed by atoms with Crippen LogP contribution >= 0.6 is 0 Å². The Morgan fingerprint density at radius 3 is 2.36 bits per heavy atom. The minimum absolute atomic E-state index is 0.106. The first-order valence-corrected chi connectivity index (χ1v) is 8.65. The van der Waals surface area contributed by atoms with Crippen LogP contribution < -0.4 is 5.32 Å². The number of benzene rings is 2. The maximum absolute atomic E-state index is 12.3. The summed E-state index contributed by atoms with van der Waals surface area (Å²) in [5, 5.41) is 22.4. The van der Waals surface area contributed by atoms with Gasteiger partial charge in [-0.2, -0.15) is 5.26 Å². The second-order valence-corrected chi connectivity index (χ2v) is 6.82. The number of nitriles is 1. The van der Waals surface area contributed by atoms with Gasteiger partial charge in [-0.1, -0.05) is 30.3 Å². The lowest BCUT2D eigenvalue weighted by Gasteiger charge is -2.35. The van der Waals surface area contributed by atoms with Crippen molar-refractivity contribution in [2.24, 2.45) is 0 Å². The molecule has 4 heteroatoms. The molecular weight excluding hydrogens is 312 g/mol. The Labute approximate surface area is 148 Å². The summed E-state index contributed by atoms with van der Waals surface area (Å²) in [5.74, 6) is 0.272. The van der Waals surface area contributed by atoms with Gasteiger partial charge < -0.3 is 10.4 Å². The number of rotatable bonds is 4. The van der Waals surface area contributed by atoms with Gasteiger partial charge in [0, 0.05) is 5.69 Å². The molecule has 0 spiro atoms. The molecule has 0 aliphatic heterocycles. The summed E-state index contributed by atoms with van der Waals surface area (Å²) in [7, 11) is 0. The minimum Gasteiger partial charge on any atom is -0.389 e. The highest BCUT2D eigenvalue weighted by Crippen LogP contribution is 2.39. The molecule has 0 unspecified atom stereocenters. The average molecular weight is 334 g/mol. The Morgan fingerprint density at radius 1 is 1.12 bits per heavy atom. The molecule has 0 radical (unpaired) electrons. The number of aliphatic hydroxyl groups is 1. The zero-order chi connectivity index (χ0) is 17.7. The van der Waals surface area contributed by atoms with Gasteiger partial charge in [-0.25, -0.2) is 0 Å². The van der Waals surface area contributed by atoms with Gasteiger partial charge in [0.1, 0.15) is 0 Å². The van der Waals surface area contributed by atoms with E-state index >= 15 is 0 Å². The van der Waals surface area contributed by atoms with Gasteiger partial charge in [-0.05, 0) is 61.4 Å². The number of nitrogens with one attached hydrogen (secondary N) is 1. The first-order chi connectivity index (χ1) is 12.1. The maximum Gasteiger partial charge on any atom is 0.227 e. The van der Waals surface area contributed by atoms with Crippen LogP contribution in [-0.4, -0.2) is 16.6 Å². The largest absolute Gasteiger partial charge is 0.389 e. The van der Waals surface area contributed by atoms with E-state index in [2.05, 4.69) is 17.4 Å². The van der Waals surface area contributed by atoms with E-state index in [0.717, 1.165) is 12.8 Å². The molecule has 0 aromatic heterocycles. The molecule has 0 saturated heterocycles. The number of carbonyl (C=O) groups excluding carboxylic acids is 1. The maximum atomic E-state index is 12.3. The highest BCUT2D eigenvalue weighted by molar-refractivity contribution is 5.91. The van der Waals surface area contributed by atoms with E-state index in [4.69, 9.17) is 5.26 Å². The third kappa shape index (κ3) is 4.46. The van der Waals surface area contributed by atoms with E-state index in [1.54, 1.807) is 24.3 Å². The fourth-order valence-corrected chi connectivity index (χ4v) is 3.52. The zero-order valence-corrected chi connectivity index (χ0v) is 14.1. The van der Waals surface area contributed by atoms with Crippen molar-refractivity contribution < 1.29 is 9.90 Å². The standard InChI is InChI=1S/C21H22N2O2/c22-15-16-6-8-19(9-7-16)23-20(24)14-21(25)12-10-18(11-13-21)17-4-2-1-3-5-17/h1-9,18,25H,10-14H2,(H,23,24)/t18-,21-. The Hall–Kier alpha value is -2.64. The van der Waals surface area contributed by atoms with Crippen LogP contribution in [0.4, 0.5) is 5.69 Å². The summed E-state index contributed by atoms with van der Waals surface area (Å²) in [4.78, 5) is 12.3. The summed E-state index contributed by atoms with van der Waals surface area (Å²) >= 11 is 0. The number of hydrogen-bond donors (Lipinski definition) is 2. The number of amides is 1. The Morgan fingerprint density at radius 2 is 1.76 bits per heavy atom. The van der Waals surface area contributed by atoms with Crippen LogP contribution in [0.3, 0.4) is 0 Å². The van der Waals surface area contributed by atoms with Gasteiger partial charge in [-0.3, -0.25) is 4.79 Å². The Bertz CT molecular complexity index is 755. The van der Waals surface area contributed by atoms with Crippen molar-refractivity contribution in [3.8, 4) is 6.07 Å². The molecule has 0 heterocycles. The van der Waals surface area contributed by atoms with E-state index in [1.165, 1.54) is 5.56 Å². The summed E-state index contributed by atoms with van der Waals surface area (Å²) in [5.41, 5.74) is 1.58. The number of carbonyl (C=O) groups is 1. The molecular formula is C21H22N2O2. The SMILES string of the molecule is N#Cc1ccc(NC(=O)C[C@]2(O)CC[C@H](c3ccccc3)CC2)cc1. The third-order valence-electron chi connectivity index (χ3n) is 4.97. The van der Waals surface area contributed by atoms with Crippen molar-refractivity contribution in [3.05, 3.63) is 65.7 Å². The minimum atomic E-state index is -0.929. The van der Waals surface area contributed by atoms with Crippen LogP contribution in [0, 0.1) is 11.3 Å². The third-order valence-corrected chi connectivity index (χ3v) is 4.97. The highest BCUT2D eigenvalue weighted by Gasteiger charge is 2.35. The van der Waals surface area contributed by atoms with Gasteiger partial charge in [0.15, 0.2) is 0 Å². The van der Waals surface area contributed by atoms with Crippen molar-refractivity contribution in [3.63, 3.8) is 0 Å². The fourth-order valence-electron chi connectivity index (χ4n) is 3.52. The molecule has 1 aliphatic carbocycles. The van der Waals surface area contributed by atoms with Crippen LogP contribution in [0.2, 0.25) is 0 Å². The van der Waals surface area contributed by atoms with Crippen molar-refractivity contribution in [1.82, 2.24) is 0 Å². The van der Waals surface area contributed by atoms with Crippen LogP contribution in [0.25, 0.3) is 0 Å². The summed E-state index contributed by atoms with van der Waals surface area (Å²) < 4.78 is 0. The molecule has 3 rings (SSSR count). The topological polar surface area (TPSA) is 73.1 Å². The van der Waals surface area contributed by atoms with E-state index in [1.807, 2.05) is 24.3 Å². The quantitative estimate of drug-likeness (QED) is 0.888. The van der Waals surface area contributed by atoms with E-state index < -0.39 is 5.60 Å². The molecule has 1 saturated carbocycles. The van der Waals surface area contributed by atoms with Crippen molar-refractivity contribution in [2.45, 2.75) is 43.6 Å². The number of nitrogens with zero attached hydrogens (tertiary/aromatic N) is 1. The summed E-state index contributed by atoms with van der Waals surface area (Å²) in [6.07, 6.45) is 3.16. The van der Waals surface area contributed by atoms with Crippen LogP contribution in [0.1, 0.15) is 49.1 Å². The predicted octanol–water partition coefficient (Wildman–Crippen LogP) is 3.98. The van der Waals surface area contributed by atoms with Gasteiger partial charge >= 0.3 is 0 Å². The molecule has 2 aromatic rings. The average Bonchev–Trinajstić information content (AvgIpc) is 2.63. The predicted molar refractivity (Wildman–Crippen MR) is 97.0 cm³/mol. The Kier molecular flexibility index (Phi) is 5.16. The molecule has 2 N–H and O–H groups in total. The second kappa shape index (κ2) is 7.50. The van der Waals surface area contributed by atoms with E-state index in [-0.39, 0.29) is 12.3 Å². The van der Waals surface area contributed by atoms with Gasteiger partial charge in [0.25, 0.3) is 0 Å². The molecule has 128 valence electrons. The molecule has 0 atom stereocenters. The molecule has 1 aliphatic rings. The smallest absolute Gasteiger partial charge is 0.227 e. The lowest BCUT2D eigenvalue weighted by Crippen LogP contribution is -2.37. The normalized spacial score (nSPS) is 22.8. The van der Waals surface area contributed by atoms with Gasteiger partial charge in [-0.15, -0.1) is 0 Å². The summed E-state index contributed by atoms with van der Waals surface area (Å²) in [6.45, 7) is 0. The zero-order valence-electron chi connectivity index (χ0n) is 14.1. The van der Waals surface area contributed by atoms with Crippen LogP contribution in [0.15, 0.2) is 54.6 Å². The monoisotopic (exact) mass is 334 g/mol.